The van der Waals surface area contributed by atoms with Crippen molar-refractivity contribution in [2.45, 2.75) is 0 Å². The van der Waals surface area contributed by atoms with Gasteiger partial charge in [-0.15, -0.1) is 0 Å². The minimum atomic E-state index is 0.348. The van der Waals surface area contributed by atoms with Crippen LogP contribution >= 0.6 is 0 Å². The van der Waals surface area contributed by atoms with Gasteiger partial charge in [-0.1, -0.05) is 15.0 Å². The number of hydrogen-bond acceptors (Lipinski definition) is 9. The van der Waals surface area contributed by atoms with Crippen LogP contribution in [0.1, 0.15) is 0 Å². The molecule has 0 N–H and O–H groups in total. The zero-order chi connectivity index (χ0) is 15.8. The summed E-state index contributed by atoms with van der Waals surface area (Å²) in [5, 5.41) is 4.17. The molecule has 0 aliphatic heterocycles. The van der Waals surface area contributed by atoms with Gasteiger partial charge < -0.3 is 14.7 Å². The molecule has 0 saturated heterocycles. The molecule has 0 radical (unpaired) electrons. The van der Waals surface area contributed by atoms with Crippen LogP contribution in [0.5, 0.6) is 17.2 Å². The molecular formula is C12H21N3O6. The molecule has 0 aliphatic carbocycles. The lowest BCUT2D eigenvalue weighted by Gasteiger charge is -2.14. The zero-order valence-electron chi connectivity index (χ0n) is 13.0. The molecule has 0 fully saturated rings. The van der Waals surface area contributed by atoms with Crippen molar-refractivity contribution >= 4 is 0 Å². The van der Waals surface area contributed by atoms with E-state index in [1.807, 2.05) is 0 Å². The lowest BCUT2D eigenvalue weighted by molar-refractivity contribution is -0.356. The first-order valence-electron chi connectivity index (χ1n) is 6.08. The maximum Gasteiger partial charge on any atom is 0.175 e. The quantitative estimate of drug-likeness (QED) is 0.492. The normalized spacial score (nSPS) is 11.3. The molecule has 0 saturated carbocycles. The Morgan fingerprint density at radius 2 is 0.762 bits per heavy atom. The standard InChI is InChI=1S/C12H21N3O6/c1-13(2)19-16-10-7-11(17-20-14(3)4)9-12(8-10)18-21-15(5)6/h7-9H,1-6H3. The summed E-state index contributed by atoms with van der Waals surface area (Å²) in [6, 6.07) is 4.70. The van der Waals surface area contributed by atoms with Crippen molar-refractivity contribution in [2.24, 2.45) is 0 Å². The average Bonchev–Trinajstić information content (AvgIpc) is 2.40. The number of rotatable bonds is 9. The maximum absolute atomic E-state index is 5.09. The first kappa shape index (κ1) is 17.4. The smallest absolute Gasteiger partial charge is 0.175 e. The third-order valence-corrected chi connectivity index (χ3v) is 1.70. The van der Waals surface area contributed by atoms with E-state index in [2.05, 4.69) is 0 Å². The second-order valence-corrected chi connectivity index (χ2v) is 4.55. The van der Waals surface area contributed by atoms with E-state index in [1.165, 1.54) is 15.2 Å². The van der Waals surface area contributed by atoms with Crippen LogP contribution in [0.4, 0.5) is 0 Å². The Morgan fingerprint density at radius 1 is 0.524 bits per heavy atom. The van der Waals surface area contributed by atoms with Crippen molar-refractivity contribution in [3.63, 3.8) is 0 Å². The summed E-state index contributed by atoms with van der Waals surface area (Å²) in [6.07, 6.45) is 0. The third-order valence-electron chi connectivity index (χ3n) is 1.70. The molecule has 9 heteroatoms. The molecule has 9 nitrogen and oxygen atoms in total. The topological polar surface area (TPSA) is 65.1 Å². The van der Waals surface area contributed by atoms with Crippen molar-refractivity contribution in [1.82, 2.24) is 15.2 Å². The fourth-order valence-corrected chi connectivity index (χ4v) is 1.04. The Balaban J connectivity index is 2.79. The van der Waals surface area contributed by atoms with E-state index in [1.54, 1.807) is 60.5 Å². The van der Waals surface area contributed by atoms with Crippen LogP contribution in [-0.2, 0) is 15.0 Å². The molecule has 1 rings (SSSR count). The fourth-order valence-electron chi connectivity index (χ4n) is 1.04. The van der Waals surface area contributed by atoms with E-state index >= 15 is 0 Å². The molecule has 0 unspecified atom stereocenters. The van der Waals surface area contributed by atoms with Crippen LogP contribution in [0.25, 0.3) is 0 Å². The Kier molecular flexibility index (Phi) is 7.15. The maximum atomic E-state index is 5.09. The molecule has 120 valence electrons. The van der Waals surface area contributed by atoms with Gasteiger partial charge in [0, 0.05) is 60.5 Å². The highest BCUT2D eigenvalue weighted by atomic mass is 17.3. The largest absolute Gasteiger partial charge is 0.319 e. The Bertz CT molecular complexity index is 353. The molecule has 0 bridgehead atoms. The van der Waals surface area contributed by atoms with E-state index in [4.69, 9.17) is 29.6 Å². The summed E-state index contributed by atoms with van der Waals surface area (Å²) >= 11 is 0. The molecule has 0 aliphatic rings. The van der Waals surface area contributed by atoms with Gasteiger partial charge in [0.2, 0.25) is 0 Å². The van der Waals surface area contributed by atoms with E-state index in [9.17, 15) is 0 Å². The van der Waals surface area contributed by atoms with Gasteiger partial charge in [-0.05, 0) is 0 Å². The first-order valence-corrected chi connectivity index (χ1v) is 6.08. The van der Waals surface area contributed by atoms with Crippen LogP contribution in [0.15, 0.2) is 18.2 Å². The Morgan fingerprint density at radius 3 is 0.952 bits per heavy atom. The summed E-state index contributed by atoms with van der Waals surface area (Å²) in [7, 11) is 10.1. The summed E-state index contributed by atoms with van der Waals surface area (Å²) in [5.41, 5.74) is 0. The van der Waals surface area contributed by atoms with Gasteiger partial charge >= 0.3 is 0 Å². The Labute approximate surface area is 123 Å². The van der Waals surface area contributed by atoms with Crippen LogP contribution in [-0.4, -0.2) is 57.5 Å². The monoisotopic (exact) mass is 303 g/mol. The van der Waals surface area contributed by atoms with Crippen LogP contribution < -0.4 is 14.7 Å². The highest BCUT2D eigenvalue weighted by Crippen LogP contribution is 2.28. The molecule has 0 heterocycles. The molecule has 1 aromatic carbocycles. The number of hydrogen-bond donors (Lipinski definition) is 0. The van der Waals surface area contributed by atoms with Crippen molar-refractivity contribution in [2.75, 3.05) is 42.3 Å². The van der Waals surface area contributed by atoms with Crippen LogP contribution in [0, 0.1) is 0 Å². The van der Waals surface area contributed by atoms with Crippen molar-refractivity contribution in [1.29, 1.82) is 0 Å². The lowest BCUT2D eigenvalue weighted by atomic mass is 10.3. The summed E-state index contributed by atoms with van der Waals surface area (Å²) in [6.45, 7) is 0. The highest BCUT2D eigenvalue weighted by molar-refractivity contribution is 5.41. The molecule has 0 spiro atoms. The van der Waals surface area contributed by atoms with E-state index < -0.39 is 0 Å². The average molecular weight is 303 g/mol. The predicted molar refractivity (Wildman–Crippen MR) is 72.6 cm³/mol. The second-order valence-electron chi connectivity index (χ2n) is 4.55. The Hall–Kier alpha value is -1.62. The SMILES string of the molecule is CN(C)OOc1cc(OON(C)C)cc(OON(C)C)c1. The molecule has 1 aromatic rings. The van der Waals surface area contributed by atoms with Gasteiger partial charge in [0.15, 0.2) is 17.2 Å². The van der Waals surface area contributed by atoms with E-state index in [0.29, 0.717) is 17.2 Å². The molecule has 0 aromatic heterocycles. The van der Waals surface area contributed by atoms with E-state index in [0.717, 1.165) is 0 Å². The molecule has 0 atom stereocenters. The predicted octanol–water partition coefficient (Wildman–Crippen LogP) is 1.05. The van der Waals surface area contributed by atoms with E-state index in [-0.39, 0.29) is 0 Å². The zero-order valence-corrected chi connectivity index (χ0v) is 13.0. The molecule has 0 amide bonds. The van der Waals surface area contributed by atoms with Gasteiger partial charge in [-0.25, -0.2) is 0 Å². The van der Waals surface area contributed by atoms with Crippen molar-refractivity contribution in [3.8, 4) is 17.2 Å². The highest BCUT2D eigenvalue weighted by Gasteiger charge is 2.09. The lowest BCUT2D eigenvalue weighted by Crippen LogP contribution is -2.17. The van der Waals surface area contributed by atoms with Gasteiger partial charge in [-0.3, -0.25) is 0 Å². The van der Waals surface area contributed by atoms with Crippen molar-refractivity contribution < 1.29 is 29.6 Å². The summed E-state index contributed by atoms with van der Waals surface area (Å²) in [4.78, 5) is 30.0. The fraction of sp³-hybridized carbons (Fsp3) is 0.500. The summed E-state index contributed by atoms with van der Waals surface area (Å²) < 4.78 is 0. The number of nitrogens with zero attached hydrogens (tertiary/aromatic N) is 3. The van der Waals surface area contributed by atoms with Crippen molar-refractivity contribution in [3.05, 3.63) is 18.2 Å². The number of hydroxylamine groups is 6. The van der Waals surface area contributed by atoms with Gasteiger partial charge in [0.25, 0.3) is 0 Å². The summed E-state index contributed by atoms with van der Waals surface area (Å²) in [5.74, 6) is 1.04. The second kappa shape index (κ2) is 8.62. The van der Waals surface area contributed by atoms with Gasteiger partial charge in [-0.2, -0.15) is 15.2 Å². The first-order chi connectivity index (χ1) is 9.86. The third kappa shape index (κ3) is 7.66. The molecular weight excluding hydrogens is 282 g/mol. The van der Waals surface area contributed by atoms with Crippen LogP contribution in [0.2, 0.25) is 0 Å². The van der Waals surface area contributed by atoms with Gasteiger partial charge in [0.1, 0.15) is 0 Å². The van der Waals surface area contributed by atoms with Crippen LogP contribution in [0.3, 0.4) is 0 Å². The molecule has 21 heavy (non-hydrogen) atoms. The minimum Gasteiger partial charge on any atom is -0.319 e. The van der Waals surface area contributed by atoms with Gasteiger partial charge in [0.05, 0.1) is 0 Å². The minimum absolute atomic E-state index is 0.348. The number of benzene rings is 1.